The van der Waals surface area contributed by atoms with Gasteiger partial charge in [-0.3, -0.25) is 10.1 Å². The minimum Gasteiger partial charge on any atom is -0.463 e. The minimum atomic E-state index is -4.62. The van der Waals surface area contributed by atoms with Crippen LogP contribution in [0.2, 0.25) is 5.02 Å². The highest BCUT2D eigenvalue weighted by Crippen LogP contribution is 2.33. The van der Waals surface area contributed by atoms with Gasteiger partial charge in [-0.1, -0.05) is 23.4 Å². The van der Waals surface area contributed by atoms with Gasteiger partial charge in [0.1, 0.15) is 15.7 Å². The quantitative estimate of drug-likeness (QED) is 0.302. The number of benzene rings is 1. The summed E-state index contributed by atoms with van der Waals surface area (Å²) >= 11 is 5.64. The molecule has 0 fully saturated rings. The van der Waals surface area contributed by atoms with Gasteiger partial charge in [0.05, 0.1) is 17.0 Å². The molecular formula is C16H10ClF4N3O5S. The number of sulfonamides is 1. The zero-order valence-corrected chi connectivity index (χ0v) is 16.1. The van der Waals surface area contributed by atoms with Crippen LogP contribution >= 0.6 is 11.6 Å². The van der Waals surface area contributed by atoms with Crippen LogP contribution in [0.15, 0.2) is 35.4 Å². The molecule has 0 saturated carbocycles. The Morgan fingerprint density at radius 1 is 1.27 bits per heavy atom. The maximum absolute atomic E-state index is 13.7. The van der Waals surface area contributed by atoms with Gasteiger partial charge in [-0.2, -0.15) is 17.9 Å². The molecule has 2 rings (SSSR count). The number of halogens is 5. The van der Waals surface area contributed by atoms with Crippen molar-refractivity contribution in [2.75, 3.05) is 13.2 Å². The van der Waals surface area contributed by atoms with Gasteiger partial charge in [0.2, 0.25) is 15.9 Å². The van der Waals surface area contributed by atoms with E-state index in [-0.39, 0.29) is 12.5 Å². The first kappa shape index (κ1) is 23.3. The van der Waals surface area contributed by atoms with Gasteiger partial charge >= 0.3 is 6.18 Å². The van der Waals surface area contributed by atoms with E-state index in [1.165, 1.54) is 0 Å². The van der Waals surface area contributed by atoms with Crippen LogP contribution in [0.1, 0.15) is 5.56 Å². The zero-order chi connectivity index (χ0) is 22.5. The van der Waals surface area contributed by atoms with E-state index in [1.807, 2.05) is 4.72 Å². The van der Waals surface area contributed by atoms with Crippen LogP contribution in [-0.4, -0.2) is 31.5 Å². The lowest BCUT2D eigenvalue weighted by Crippen LogP contribution is -2.25. The molecule has 1 aromatic carbocycles. The summed E-state index contributed by atoms with van der Waals surface area (Å²) in [5, 5.41) is 10.3. The highest BCUT2D eigenvalue weighted by molar-refractivity contribution is 7.89. The summed E-state index contributed by atoms with van der Waals surface area (Å²) in [5.74, 6) is 3.18. The predicted octanol–water partition coefficient (Wildman–Crippen LogP) is 3.16. The molecule has 1 N–H and O–H groups in total. The van der Waals surface area contributed by atoms with E-state index in [4.69, 9.17) is 16.3 Å². The molecule has 2 aromatic rings. The van der Waals surface area contributed by atoms with E-state index in [0.717, 1.165) is 6.07 Å². The highest BCUT2D eigenvalue weighted by Gasteiger charge is 2.31. The Hall–Kier alpha value is -2.95. The van der Waals surface area contributed by atoms with Crippen molar-refractivity contribution in [1.82, 2.24) is 9.71 Å². The molecule has 160 valence electrons. The predicted molar refractivity (Wildman–Crippen MR) is 95.8 cm³/mol. The van der Waals surface area contributed by atoms with E-state index in [1.54, 1.807) is 0 Å². The van der Waals surface area contributed by atoms with E-state index >= 15 is 0 Å². The van der Waals surface area contributed by atoms with Crippen LogP contribution in [0.4, 0.5) is 23.2 Å². The van der Waals surface area contributed by atoms with Crippen molar-refractivity contribution in [3.63, 3.8) is 0 Å². The SMILES string of the molecule is O=[N+]([O-])c1ccc(F)c(S(=O)(=O)NCC#CCOc2ncc(C(F)(F)F)cc2Cl)c1. The molecule has 0 bridgehead atoms. The molecular weight excluding hydrogens is 458 g/mol. The van der Waals surface area contributed by atoms with Crippen molar-refractivity contribution >= 4 is 27.3 Å². The van der Waals surface area contributed by atoms with Crippen molar-refractivity contribution < 1.29 is 35.6 Å². The van der Waals surface area contributed by atoms with Gasteiger partial charge in [-0.05, 0) is 12.1 Å². The largest absolute Gasteiger partial charge is 0.463 e. The third-order valence-electron chi connectivity index (χ3n) is 3.31. The van der Waals surface area contributed by atoms with Crippen LogP contribution in [0.5, 0.6) is 5.88 Å². The Morgan fingerprint density at radius 3 is 2.57 bits per heavy atom. The maximum Gasteiger partial charge on any atom is 0.417 e. The number of hydrogen-bond acceptors (Lipinski definition) is 6. The molecule has 14 heteroatoms. The van der Waals surface area contributed by atoms with Gasteiger partial charge in [0, 0.05) is 18.3 Å². The number of non-ortho nitro benzene ring substituents is 1. The van der Waals surface area contributed by atoms with Crippen molar-refractivity contribution in [2.45, 2.75) is 11.1 Å². The summed E-state index contributed by atoms with van der Waals surface area (Å²) < 4.78 is 82.3. The molecule has 0 saturated heterocycles. The summed E-state index contributed by atoms with van der Waals surface area (Å²) in [6.07, 6.45) is -4.10. The number of hydrogen-bond donors (Lipinski definition) is 1. The molecule has 0 amide bonds. The highest BCUT2D eigenvalue weighted by atomic mass is 35.5. The molecule has 30 heavy (non-hydrogen) atoms. The van der Waals surface area contributed by atoms with Gasteiger partial charge in [-0.15, -0.1) is 0 Å². The Bertz CT molecular complexity index is 1130. The lowest BCUT2D eigenvalue weighted by Gasteiger charge is -2.08. The summed E-state index contributed by atoms with van der Waals surface area (Å²) in [6.45, 7) is -0.882. The van der Waals surface area contributed by atoms with Gasteiger partial charge < -0.3 is 4.74 Å². The standard InChI is InChI=1S/C16H10ClF4N3O5S/c17-12-7-10(16(19,20)21)9-22-15(12)29-6-2-1-5-23-30(27,28)14-8-11(24(25)26)3-4-13(14)18/h3-4,7-9,23H,5-6H2. The third-order valence-corrected chi connectivity index (χ3v) is 4.99. The van der Waals surface area contributed by atoms with Crippen LogP contribution in [0, 0.1) is 27.8 Å². The summed E-state index contributed by atoms with van der Waals surface area (Å²) in [5.41, 5.74) is -1.68. The average molecular weight is 468 g/mol. The smallest absolute Gasteiger partial charge is 0.417 e. The minimum absolute atomic E-state index is 0.307. The number of nitrogens with zero attached hydrogens (tertiary/aromatic N) is 2. The summed E-state index contributed by atoms with van der Waals surface area (Å²) in [4.78, 5) is 12.3. The molecule has 0 aliphatic carbocycles. The number of nitro benzene ring substituents is 1. The number of pyridine rings is 1. The van der Waals surface area contributed by atoms with Gasteiger partial charge in [-0.25, -0.2) is 17.8 Å². The van der Waals surface area contributed by atoms with Crippen molar-refractivity contribution in [2.24, 2.45) is 0 Å². The molecule has 0 spiro atoms. The van der Waals surface area contributed by atoms with E-state index < -0.39 is 54.7 Å². The van der Waals surface area contributed by atoms with Crippen LogP contribution in [0.3, 0.4) is 0 Å². The van der Waals surface area contributed by atoms with Crippen LogP contribution < -0.4 is 9.46 Å². The normalized spacial score (nSPS) is 11.5. The number of alkyl halides is 3. The fourth-order valence-electron chi connectivity index (χ4n) is 1.92. The molecule has 0 aliphatic rings. The number of nitrogens with one attached hydrogen (secondary N) is 1. The second-order valence-corrected chi connectivity index (χ2v) is 7.49. The molecule has 1 aromatic heterocycles. The monoisotopic (exact) mass is 467 g/mol. The maximum atomic E-state index is 13.7. The van der Waals surface area contributed by atoms with Crippen molar-refractivity contribution in [3.8, 4) is 17.7 Å². The fraction of sp³-hybridized carbons (Fsp3) is 0.188. The van der Waals surface area contributed by atoms with Gasteiger partial charge in [0.25, 0.3) is 5.69 Å². The van der Waals surface area contributed by atoms with Crippen molar-refractivity contribution in [1.29, 1.82) is 0 Å². The zero-order valence-electron chi connectivity index (χ0n) is 14.5. The number of aromatic nitrogens is 1. The number of rotatable bonds is 6. The lowest BCUT2D eigenvalue weighted by molar-refractivity contribution is -0.385. The molecule has 0 aliphatic heterocycles. The first-order valence-corrected chi connectivity index (χ1v) is 9.53. The Morgan fingerprint density at radius 2 is 1.97 bits per heavy atom. The topological polar surface area (TPSA) is 111 Å². The summed E-state index contributed by atoms with van der Waals surface area (Å²) in [6, 6.07) is 2.64. The van der Waals surface area contributed by atoms with E-state index in [9.17, 15) is 36.1 Å². The first-order valence-electron chi connectivity index (χ1n) is 7.66. The Balaban J connectivity index is 1.96. The molecule has 0 unspecified atom stereocenters. The fourth-order valence-corrected chi connectivity index (χ4v) is 3.16. The second kappa shape index (κ2) is 9.24. The Labute approximate surface area is 172 Å². The van der Waals surface area contributed by atoms with Crippen LogP contribution in [0.25, 0.3) is 0 Å². The second-order valence-electron chi connectivity index (χ2n) is 5.35. The van der Waals surface area contributed by atoms with Crippen molar-refractivity contribution in [3.05, 3.63) is 57.0 Å². The number of ether oxygens (including phenoxy) is 1. The molecule has 0 radical (unpaired) electrons. The third kappa shape index (κ3) is 6.02. The number of nitro groups is 1. The van der Waals surface area contributed by atoms with E-state index in [0.29, 0.717) is 24.4 Å². The lowest BCUT2D eigenvalue weighted by atomic mass is 10.3. The van der Waals surface area contributed by atoms with E-state index in [2.05, 4.69) is 16.8 Å². The van der Waals surface area contributed by atoms with Crippen LogP contribution in [-0.2, 0) is 16.2 Å². The summed E-state index contributed by atoms with van der Waals surface area (Å²) in [7, 11) is -4.42. The molecule has 0 atom stereocenters. The van der Waals surface area contributed by atoms with Gasteiger partial charge in [0.15, 0.2) is 6.61 Å². The molecule has 1 heterocycles. The Kier molecular flexibility index (Phi) is 7.19. The first-order chi connectivity index (χ1) is 13.9. The average Bonchev–Trinajstić information content (AvgIpc) is 2.64. The molecule has 8 nitrogen and oxygen atoms in total.